The lowest BCUT2D eigenvalue weighted by molar-refractivity contribution is -0.142. The number of carboxylic acid groups (broad SMARTS) is 1. The average molecular weight is 394 g/mol. The number of sulfonamides is 1. The van der Waals surface area contributed by atoms with E-state index in [1.54, 1.807) is 25.7 Å². The summed E-state index contributed by atoms with van der Waals surface area (Å²) in [5.41, 5.74) is -0.239. The van der Waals surface area contributed by atoms with Crippen LogP contribution >= 0.6 is 0 Å². The molecule has 0 bridgehead atoms. The molecule has 0 radical (unpaired) electrons. The minimum Gasteiger partial charge on any atom is -0.481 e. The number of rotatable bonds is 5. The van der Waals surface area contributed by atoms with Gasteiger partial charge in [0.25, 0.3) is 5.91 Å². The Hall–Kier alpha value is -1.93. The van der Waals surface area contributed by atoms with Gasteiger partial charge in [0.05, 0.1) is 10.8 Å². The Balaban J connectivity index is 1.74. The number of amides is 1. The van der Waals surface area contributed by atoms with Gasteiger partial charge in [-0.1, -0.05) is 0 Å². The molecule has 2 N–H and O–H groups in total. The molecule has 2 atom stereocenters. The number of nitrogens with zero attached hydrogens (tertiary/aromatic N) is 1. The molecule has 1 saturated heterocycles. The Morgan fingerprint density at radius 1 is 1.11 bits per heavy atom. The van der Waals surface area contributed by atoms with Gasteiger partial charge in [-0.2, -0.15) is 0 Å². The normalized spacial score (nSPS) is 23.4. The molecule has 2 aliphatic rings. The molecular weight excluding hydrogens is 368 g/mol. The molecule has 1 heterocycles. The lowest BCUT2D eigenvalue weighted by Gasteiger charge is -2.20. The molecule has 1 aliphatic carbocycles. The lowest BCUT2D eigenvalue weighted by Crippen LogP contribution is -2.40. The highest BCUT2D eigenvalue weighted by Crippen LogP contribution is 2.44. The van der Waals surface area contributed by atoms with Gasteiger partial charge in [0.2, 0.25) is 10.0 Å². The minimum absolute atomic E-state index is 0.0158. The summed E-state index contributed by atoms with van der Waals surface area (Å²) >= 11 is 0. The fourth-order valence-corrected chi connectivity index (χ4v) is 5.10. The zero-order chi connectivity index (χ0) is 20.0. The van der Waals surface area contributed by atoms with Crippen molar-refractivity contribution in [1.29, 1.82) is 0 Å². The van der Waals surface area contributed by atoms with E-state index >= 15 is 0 Å². The summed E-state index contributed by atoms with van der Waals surface area (Å²) in [6, 6.07) is 5.79. The van der Waals surface area contributed by atoms with Crippen molar-refractivity contribution < 1.29 is 23.1 Å². The predicted octanol–water partition coefficient (Wildman–Crippen LogP) is 1.95. The second-order valence-electron chi connectivity index (χ2n) is 8.54. The quantitative estimate of drug-likeness (QED) is 0.794. The number of nitrogens with one attached hydrogen (secondary N) is 1. The molecule has 0 unspecified atom stereocenters. The summed E-state index contributed by atoms with van der Waals surface area (Å²) in [6.07, 6.45) is 2.06. The van der Waals surface area contributed by atoms with E-state index < -0.39 is 27.4 Å². The zero-order valence-corrected chi connectivity index (χ0v) is 16.6. The second kappa shape index (κ2) is 6.91. The maximum Gasteiger partial charge on any atom is 0.308 e. The van der Waals surface area contributed by atoms with Gasteiger partial charge in [-0.25, -0.2) is 13.1 Å². The van der Waals surface area contributed by atoms with E-state index in [9.17, 15) is 23.1 Å². The second-order valence-corrected chi connectivity index (χ2v) is 10.2. The van der Waals surface area contributed by atoms with Gasteiger partial charge in [0.1, 0.15) is 0 Å². The van der Waals surface area contributed by atoms with Gasteiger partial charge in [-0.05, 0) is 69.7 Å². The van der Waals surface area contributed by atoms with Crippen molar-refractivity contribution in [3.63, 3.8) is 0 Å². The number of hydrogen-bond acceptors (Lipinski definition) is 4. The van der Waals surface area contributed by atoms with Crippen molar-refractivity contribution in [2.75, 3.05) is 13.1 Å². The lowest BCUT2D eigenvalue weighted by atomic mass is 9.92. The molecule has 2 fully saturated rings. The maximum atomic E-state index is 12.8. The molecule has 1 amide bonds. The van der Waals surface area contributed by atoms with Crippen LogP contribution in [0.1, 0.15) is 44.0 Å². The average Bonchev–Trinajstić information content (AvgIpc) is 3.30. The summed E-state index contributed by atoms with van der Waals surface area (Å²) in [7, 11) is -3.66. The molecule has 27 heavy (non-hydrogen) atoms. The van der Waals surface area contributed by atoms with E-state index in [1.807, 2.05) is 0 Å². The van der Waals surface area contributed by atoms with Crippen molar-refractivity contribution in [3.05, 3.63) is 29.8 Å². The number of hydrogen-bond donors (Lipinski definition) is 2. The van der Waals surface area contributed by atoms with E-state index in [2.05, 4.69) is 4.72 Å². The molecule has 3 rings (SSSR count). The largest absolute Gasteiger partial charge is 0.481 e. The van der Waals surface area contributed by atoms with Gasteiger partial charge in [-0.15, -0.1) is 0 Å². The summed E-state index contributed by atoms with van der Waals surface area (Å²) in [5, 5.41) is 9.44. The van der Waals surface area contributed by atoms with Crippen LogP contribution in [0.15, 0.2) is 29.2 Å². The highest BCUT2D eigenvalue weighted by Gasteiger charge is 2.46. The third-order valence-electron chi connectivity index (χ3n) is 5.05. The van der Waals surface area contributed by atoms with Gasteiger partial charge < -0.3 is 10.0 Å². The smallest absolute Gasteiger partial charge is 0.308 e. The number of aliphatic carboxylic acids is 1. The predicted molar refractivity (Wildman–Crippen MR) is 99.8 cm³/mol. The first-order chi connectivity index (χ1) is 12.5. The Kier molecular flexibility index (Phi) is 5.07. The van der Waals surface area contributed by atoms with Gasteiger partial charge in [0, 0.05) is 24.2 Å². The van der Waals surface area contributed by atoms with E-state index in [0.717, 1.165) is 12.8 Å². The number of carbonyl (C=O) groups is 2. The van der Waals surface area contributed by atoms with Crippen molar-refractivity contribution >= 4 is 21.9 Å². The molecule has 148 valence electrons. The van der Waals surface area contributed by atoms with Gasteiger partial charge in [-0.3, -0.25) is 9.59 Å². The van der Waals surface area contributed by atoms with E-state index in [0.29, 0.717) is 18.0 Å². The van der Waals surface area contributed by atoms with Crippen molar-refractivity contribution in [1.82, 2.24) is 9.62 Å². The highest BCUT2D eigenvalue weighted by atomic mass is 32.2. The molecule has 8 heteroatoms. The fourth-order valence-electron chi connectivity index (χ4n) is 3.68. The third kappa shape index (κ3) is 4.50. The Morgan fingerprint density at radius 2 is 1.70 bits per heavy atom. The van der Waals surface area contributed by atoms with Crippen LogP contribution in [0.2, 0.25) is 0 Å². The van der Waals surface area contributed by atoms with Gasteiger partial charge in [0.15, 0.2) is 0 Å². The van der Waals surface area contributed by atoms with Crippen LogP contribution < -0.4 is 4.72 Å². The number of benzene rings is 1. The van der Waals surface area contributed by atoms with E-state index in [1.165, 1.54) is 24.3 Å². The Bertz CT molecular complexity index is 838. The van der Waals surface area contributed by atoms with Crippen LogP contribution in [-0.4, -0.2) is 48.9 Å². The van der Waals surface area contributed by atoms with Crippen molar-refractivity contribution in [2.24, 2.45) is 17.8 Å². The molecule has 0 aromatic heterocycles. The van der Waals surface area contributed by atoms with Gasteiger partial charge >= 0.3 is 5.97 Å². The first kappa shape index (κ1) is 19.8. The molecule has 1 saturated carbocycles. The van der Waals surface area contributed by atoms with Crippen LogP contribution in [0, 0.1) is 17.8 Å². The van der Waals surface area contributed by atoms with Crippen molar-refractivity contribution in [3.8, 4) is 0 Å². The summed E-state index contributed by atoms with van der Waals surface area (Å²) in [5.74, 6) is -1.20. The van der Waals surface area contributed by atoms with Crippen LogP contribution in [0.3, 0.4) is 0 Å². The molecule has 7 nitrogen and oxygen atoms in total. The monoisotopic (exact) mass is 394 g/mol. The first-order valence-electron chi connectivity index (χ1n) is 9.14. The SMILES string of the molecule is CC(C)(C)NS(=O)(=O)c1ccc(C(=O)N2C[C@H](C(=O)O)[C@@H](C3CC3)C2)cc1. The van der Waals surface area contributed by atoms with E-state index in [-0.39, 0.29) is 23.3 Å². The fraction of sp³-hybridized carbons (Fsp3) is 0.579. The number of carbonyl (C=O) groups excluding carboxylic acids is 1. The molecule has 1 aromatic carbocycles. The molecule has 0 spiro atoms. The van der Waals surface area contributed by atoms with Crippen LogP contribution in [0.5, 0.6) is 0 Å². The number of carboxylic acids is 1. The maximum absolute atomic E-state index is 12.8. The van der Waals surface area contributed by atoms with Crippen LogP contribution in [0.4, 0.5) is 0 Å². The Labute approximate surface area is 159 Å². The highest BCUT2D eigenvalue weighted by molar-refractivity contribution is 7.89. The van der Waals surface area contributed by atoms with Crippen LogP contribution in [-0.2, 0) is 14.8 Å². The van der Waals surface area contributed by atoms with Crippen LogP contribution in [0.25, 0.3) is 0 Å². The number of likely N-dealkylation sites (tertiary alicyclic amines) is 1. The standard InChI is InChI=1S/C19H26N2O5S/c1-19(2,3)20-27(25,26)14-8-6-13(7-9-14)17(22)21-10-15(12-4-5-12)16(11-21)18(23)24/h6-9,12,15-16,20H,4-5,10-11H2,1-3H3,(H,23,24)/t15-,16+/m1/s1. The summed E-state index contributed by atoms with van der Waals surface area (Å²) in [6.45, 7) is 5.92. The topological polar surface area (TPSA) is 104 Å². The Morgan fingerprint density at radius 3 is 2.19 bits per heavy atom. The van der Waals surface area contributed by atoms with Crippen molar-refractivity contribution in [2.45, 2.75) is 44.0 Å². The third-order valence-corrected chi connectivity index (χ3v) is 6.82. The summed E-state index contributed by atoms with van der Waals surface area (Å²) < 4.78 is 27.3. The molecule has 1 aliphatic heterocycles. The first-order valence-corrected chi connectivity index (χ1v) is 10.6. The molecule has 1 aromatic rings. The summed E-state index contributed by atoms with van der Waals surface area (Å²) in [4.78, 5) is 25.9. The molecular formula is C19H26N2O5S. The van der Waals surface area contributed by atoms with E-state index in [4.69, 9.17) is 0 Å². The zero-order valence-electron chi connectivity index (χ0n) is 15.8. The minimum atomic E-state index is -3.66.